The molecule has 1 N–H and O–H groups in total. The molecule has 0 saturated carbocycles. The molecule has 0 spiro atoms. The van der Waals surface area contributed by atoms with Gasteiger partial charge in [0.2, 0.25) is 6.23 Å². The van der Waals surface area contributed by atoms with Crippen LogP contribution in [0.1, 0.15) is 17.3 Å². The lowest BCUT2D eigenvalue weighted by atomic mass is 10.2. The van der Waals surface area contributed by atoms with Gasteiger partial charge >= 0.3 is 0 Å². The lowest BCUT2D eigenvalue weighted by Gasteiger charge is -2.14. The summed E-state index contributed by atoms with van der Waals surface area (Å²) in [6.45, 7) is 1.58. The maximum Gasteiger partial charge on any atom is 0.254 e. The second-order valence-electron chi connectivity index (χ2n) is 3.43. The molecule has 1 rings (SSSR count). The first-order chi connectivity index (χ1) is 8.56. The van der Waals surface area contributed by atoms with E-state index < -0.39 is 24.1 Å². The Morgan fingerprint density at radius 3 is 2.61 bits per heavy atom. The molecular formula is C13H11FN2O2. The molecular weight excluding hydrogens is 235 g/mol. The van der Waals surface area contributed by atoms with Crippen LogP contribution in [0.25, 0.3) is 0 Å². The minimum atomic E-state index is -1.14. The van der Waals surface area contributed by atoms with Gasteiger partial charge < -0.3 is 10.1 Å². The number of amides is 1. The number of benzene rings is 1. The van der Waals surface area contributed by atoms with E-state index in [1.54, 1.807) is 13.0 Å². The summed E-state index contributed by atoms with van der Waals surface area (Å²) in [5.41, 5.74) is 0.230. The molecule has 0 radical (unpaired) electrons. The number of hydrogen-bond acceptors (Lipinski definition) is 3. The number of halogens is 1. The fraction of sp³-hybridized carbons (Fsp3) is 0.231. The predicted octanol–water partition coefficient (Wildman–Crippen LogP) is 1.44. The molecule has 2 atom stereocenters. The zero-order chi connectivity index (χ0) is 13.5. The number of nitrogens with zero attached hydrogens (tertiary/aromatic N) is 1. The van der Waals surface area contributed by atoms with Crippen LogP contribution < -0.4 is 5.32 Å². The topological polar surface area (TPSA) is 62.1 Å². The molecule has 0 fully saturated rings. The number of ether oxygens (including phenoxy) is 1. The molecule has 5 heteroatoms. The number of nitriles is 1. The highest BCUT2D eigenvalue weighted by atomic mass is 19.1. The van der Waals surface area contributed by atoms with Crippen molar-refractivity contribution >= 4 is 5.91 Å². The summed E-state index contributed by atoms with van der Waals surface area (Å²) in [6.07, 6.45) is 3.36. The Morgan fingerprint density at radius 2 is 2.11 bits per heavy atom. The molecule has 18 heavy (non-hydrogen) atoms. The van der Waals surface area contributed by atoms with Crippen LogP contribution >= 0.6 is 0 Å². The van der Waals surface area contributed by atoms with Gasteiger partial charge in [-0.05, 0) is 31.2 Å². The van der Waals surface area contributed by atoms with E-state index in [0.717, 1.165) is 12.1 Å². The summed E-state index contributed by atoms with van der Waals surface area (Å²) >= 11 is 0. The van der Waals surface area contributed by atoms with Crippen molar-refractivity contribution in [3.8, 4) is 18.4 Å². The third-order valence-corrected chi connectivity index (χ3v) is 2.06. The smallest absolute Gasteiger partial charge is 0.254 e. The Bertz CT molecular complexity index is 499. The summed E-state index contributed by atoms with van der Waals surface area (Å²) in [4.78, 5) is 11.7. The monoisotopic (exact) mass is 246 g/mol. The number of nitrogens with one attached hydrogen (secondary N) is 1. The van der Waals surface area contributed by atoms with Gasteiger partial charge in [0.1, 0.15) is 18.0 Å². The molecule has 0 aromatic heterocycles. The van der Waals surface area contributed by atoms with E-state index in [2.05, 4.69) is 11.2 Å². The fourth-order valence-electron chi connectivity index (χ4n) is 1.14. The minimum Gasteiger partial charge on any atom is -0.329 e. The number of hydrogen-bond donors (Lipinski definition) is 1. The van der Waals surface area contributed by atoms with Crippen molar-refractivity contribution in [3.05, 3.63) is 35.6 Å². The van der Waals surface area contributed by atoms with Crippen LogP contribution in [0, 0.1) is 29.5 Å². The van der Waals surface area contributed by atoms with Crippen molar-refractivity contribution in [2.75, 3.05) is 0 Å². The van der Waals surface area contributed by atoms with Crippen LogP contribution in [-0.2, 0) is 4.74 Å². The second-order valence-corrected chi connectivity index (χ2v) is 3.43. The van der Waals surface area contributed by atoms with Crippen LogP contribution in [0.5, 0.6) is 0 Å². The number of rotatable bonds is 4. The van der Waals surface area contributed by atoms with E-state index in [4.69, 9.17) is 16.4 Å². The quantitative estimate of drug-likeness (QED) is 0.646. The van der Waals surface area contributed by atoms with Crippen LogP contribution in [0.2, 0.25) is 0 Å². The lowest BCUT2D eigenvalue weighted by molar-refractivity contribution is 0.0376. The van der Waals surface area contributed by atoms with E-state index in [9.17, 15) is 9.18 Å². The molecule has 0 aliphatic carbocycles. The van der Waals surface area contributed by atoms with Crippen LogP contribution in [0.4, 0.5) is 4.39 Å². The third kappa shape index (κ3) is 3.89. The van der Waals surface area contributed by atoms with Crippen molar-refractivity contribution in [3.63, 3.8) is 0 Å². The highest BCUT2D eigenvalue weighted by molar-refractivity contribution is 5.94. The zero-order valence-electron chi connectivity index (χ0n) is 9.68. The molecule has 0 aliphatic rings. The molecule has 0 heterocycles. The molecule has 1 unspecified atom stereocenters. The molecule has 0 bridgehead atoms. The van der Waals surface area contributed by atoms with Gasteiger partial charge in [0, 0.05) is 5.56 Å². The largest absolute Gasteiger partial charge is 0.329 e. The predicted molar refractivity (Wildman–Crippen MR) is 62.6 cm³/mol. The summed E-state index contributed by atoms with van der Waals surface area (Å²) < 4.78 is 17.7. The molecule has 4 nitrogen and oxygen atoms in total. The SMILES string of the molecule is C#C[C@@H](C)OC(C#N)NC(=O)c1ccc(F)cc1. The first-order valence-corrected chi connectivity index (χ1v) is 5.14. The van der Waals surface area contributed by atoms with Gasteiger partial charge in [-0.15, -0.1) is 6.42 Å². The van der Waals surface area contributed by atoms with E-state index in [-0.39, 0.29) is 5.56 Å². The maximum absolute atomic E-state index is 12.7. The van der Waals surface area contributed by atoms with Crippen LogP contribution in [0.15, 0.2) is 24.3 Å². The number of terminal acetylenes is 1. The zero-order valence-corrected chi connectivity index (χ0v) is 9.68. The lowest BCUT2D eigenvalue weighted by Crippen LogP contribution is -2.37. The average molecular weight is 246 g/mol. The van der Waals surface area contributed by atoms with Crippen molar-refractivity contribution in [2.45, 2.75) is 19.3 Å². The van der Waals surface area contributed by atoms with Crippen molar-refractivity contribution < 1.29 is 13.9 Å². The van der Waals surface area contributed by atoms with Crippen molar-refractivity contribution in [1.29, 1.82) is 5.26 Å². The third-order valence-electron chi connectivity index (χ3n) is 2.06. The summed E-state index contributed by atoms with van der Waals surface area (Å²) in [7, 11) is 0. The molecule has 92 valence electrons. The molecule has 0 aliphatic heterocycles. The Hall–Kier alpha value is -2.37. The first kappa shape index (κ1) is 13.7. The molecule has 1 amide bonds. The summed E-state index contributed by atoms with van der Waals surface area (Å²) in [6, 6.07) is 6.68. The van der Waals surface area contributed by atoms with Crippen LogP contribution in [-0.4, -0.2) is 18.2 Å². The standard InChI is InChI=1S/C13H11FN2O2/c1-3-9(2)18-12(8-15)16-13(17)10-4-6-11(14)7-5-10/h1,4-7,9,12H,2H3,(H,16,17)/t9-,12?/m1/s1. The Balaban J connectivity index is 2.66. The van der Waals surface area contributed by atoms with Gasteiger partial charge in [0.25, 0.3) is 5.91 Å². The maximum atomic E-state index is 12.7. The summed E-state index contributed by atoms with van der Waals surface area (Å²) in [5, 5.41) is 11.1. The Morgan fingerprint density at radius 1 is 1.50 bits per heavy atom. The van der Waals surface area contributed by atoms with E-state index in [1.165, 1.54) is 12.1 Å². The van der Waals surface area contributed by atoms with Gasteiger partial charge in [-0.1, -0.05) is 5.92 Å². The van der Waals surface area contributed by atoms with E-state index in [0.29, 0.717) is 0 Å². The first-order valence-electron chi connectivity index (χ1n) is 5.14. The number of carbonyl (C=O) groups is 1. The molecule has 0 saturated heterocycles. The summed E-state index contributed by atoms with van der Waals surface area (Å²) in [5.74, 6) is 1.30. The second kappa shape index (κ2) is 6.39. The fourth-order valence-corrected chi connectivity index (χ4v) is 1.14. The van der Waals surface area contributed by atoms with Gasteiger partial charge in [-0.25, -0.2) is 4.39 Å². The Labute approximate surface area is 104 Å². The van der Waals surface area contributed by atoms with E-state index >= 15 is 0 Å². The van der Waals surface area contributed by atoms with Gasteiger partial charge in [0.15, 0.2) is 0 Å². The average Bonchev–Trinajstić information content (AvgIpc) is 2.38. The minimum absolute atomic E-state index is 0.230. The molecule has 1 aromatic rings. The Kier molecular flexibility index (Phi) is 4.86. The highest BCUT2D eigenvalue weighted by Gasteiger charge is 2.15. The van der Waals surface area contributed by atoms with Gasteiger partial charge in [0.05, 0.1) is 0 Å². The van der Waals surface area contributed by atoms with Crippen molar-refractivity contribution in [2.24, 2.45) is 0 Å². The normalized spacial score (nSPS) is 12.9. The number of carbonyl (C=O) groups excluding carboxylic acids is 1. The van der Waals surface area contributed by atoms with E-state index in [1.807, 2.05) is 0 Å². The van der Waals surface area contributed by atoms with Crippen molar-refractivity contribution in [1.82, 2.24) is 5.32 Å². The molecule has 1 aromatic carbocycles. The van der Waals surface area contributed by atoms with Gasteiger partial charge in [-0.2, -0.15) is 5.26 Å². The van der Waals surface area contributed by atoms with Gasteiger partial charge in [-0.3, -0.25) is 4.79 Å². The highest BCUT2D eigenvalue weighted by Crippen LogP contribution is 2.03. The van der Waals surface area contributed by atoms with Crippen LogP contribution in [0.3, 0.4) is 0 Å².